The first-order valence-corrected chi connectivity index (χ1v) is 10.1. The Labute approximate surface area is 138 Å². The second kappa shape index (κ2) is 10.6. The summed E-state index contributed by atoms with van der Waals surface area (Å²) in [4.78, 5) is 0. The average Bonchev–Trinajstić information content (AvgIpc) is 2.56. The van der Waals surface area contributed by atoms with Crippen molar-refractivity contribution in [3.05, 3.63) is 0 Å². The van der Waals surface area contributed by atoms with Crippen molar-refractivity contribution in [3.63, 3.8) is 0 Å². The minimum atomic E-state index is 0.108. The minimum absolute atomic E-state index is 0.108. The summed E-state index contributed by atoms with van der Waals surface area (Å²) in [5.74, 6) is 1.63. The van der Waals surface area contributed by atoms with Crippen LogP contribution < -0.4 is 0 Å². The Morgan fingerprint density at radius 1 is 0.773 bits per heavy atom. The van der Waals surface area contributed by atoms with E-state index in [9.17, 15) is 0 Å². The zero-order valence-electron chi connectivity index (χ0n) is 15.0. The van der Waals surface area contributed by atoms with Gasteiger partial charge in [0.2, 0.25) is 0 Å². The van der Waals surface area contributed by atoms with Crippen LogP contribution in [0.4, 0.5) is 0 Å². The van der Waals surface area contributed by atoms with Gasteiger partial charge in [0, 0.05) is 5.92 Å². The summed E-state index contributed by atoms with van der Waals surface area (Å²) in [5.41, 5.74) is 0. The molecule has 0 N–H and O–H groups in total. The molecule has 2 heteroatoms. The lowest BCUT2D eigenvalue weighted by molar-refractivity contribution is -0.241. The van der Waals surface area contributed by atoms with Crippen molar-refractivity contribution in [2.75, 3.05) is 6.61 Å². The van der Waals surface area contributed by atoms with Crippen molar-refractivity contribution >= 4 is 0 Å². The van der Waals surface area contributed by atoms with Crippen LogP contribution in [0, 0.1) is 11.8 Å². The normalized spacial score (nSPS) is 33.0. The van der Waals surface area contributed by atoms with E-state index in [1.165, 1.54) is 77.0 Å². The standard InChI is InChI=1S/C20H38O2/c1-3-5-6-7-8-10-19-15-16-21-20(22-19)18-13-11-17(9-4-2)12-14-18/h17-20H,3-16H2,1-2H3/t17?,18?,19-,20-/m0/s1. The minimum Gasteiger partial charge on any atom is -0.352 e. The molecule has 0 radical (unpaired) electrons. The van der Waals surface area contributed by atoms with E-state index in [2.05, 4.69) is 13.8 Å². The van der Waals surface area contributed by atoms with Crippen molar-refractivity contribution in [1.82, 2.24) is 0 Å². The summed E-state index contributed by atoms with van der Waals surface area (Å²) >= 11 is 0. The summed E-state index contributed by atoms with van der Waals surface area (Å²) in [6.07, 6.45) is 17.9. The predicted molar refractivity (Wildman–Crippen MR) is 93.0 cm³/mol. The van der Waals surface area contributed by atoms with E-state index in [0.717, 1.165) is 18.9 Å². The maximum Gasteiger partial charge on any atom is 0.160 e. The summed E-state index contributed by atoms with van der Waals surface area (Å²) in [6, 6.07) is 0. The second-order valence-electron chi connectivity index (χ2n) is 7.56. The molecule has 0 aromatic carbocycles. The van der Waals surface area contributed by atoms with Gasteiger partial charge in [-0.25, -0.2) is 0 Å². The summed E-state index contributed by atoms with van der Waals surface area (Å²) < 4.78 is 12.3. The lowest BCUT2D eigenvalue weighted by atomic mass is 9.79. The number of rotatable bonds is 9. The third-order valence-corrected chi connectivity index (χ3v) is 5.65. The molecular formula is C20H38O2. The van der Waals surface area contributed by atoms with Crippen molar-refractivity contribution in [2.45, 2.75) is 110 Å². The SMILES string of the molecule is CCCCCCC[C@H]1CCO[C@H](C2CCC(CCC)CC2)O1. The Morgan fingerprint density at radius 2 is 1.55 bits per heavy atom. The summed E-state index contributed by atoms with van der Waals surface area (Å²) in [7, 11) is 0. The van der Waals surface area contributed by atoms with Crippen molar-refractivity contribution in [1.29, 1.82) is 0 Å². The predicted octanol–water partition coefficient (Wildman–Crippen LogP) is 6.09. The van der Waals surface area contributed by atoms with Crippen LogP contribution >= 0.6 is 0 Å². The van der Waals surface area contributed by atoms with Gasteiger partial charge in [-0.15, -0.1) is 0 Å². The molecule has 1 aliphatic carbocycles. The third kappa shape index (κ3) is 6.20. The van der Waals surface area contributed by atoms with E-state index in [1.54, 1.807) is 0 Å². The fourth-order valence-electron chi connectivity index (χ4n) is 4.21. The number of hydrogen-bond donors (Lipinski definition) is 0. The Bertz CT molecular complexity index is 271. The quantitative estimate of drug-likeness (QED) is 0.480. The average molecular weight is 311 g/mol. The zero-order chi connectivity index (χ0) is 15.6. The smallest absolute Gasteiger partial charge is 0.160 e. The molecule has 2 aliphatic rings. The molecule has 1 aliphatic heterocycles. The van der Waals surface area contributed by atoms with Crippen LogP contribution in [0.5, 0.6) is 0 Å². The van der Waals surface area contributed by atoms with Crippen LogP contribution in [0.3, 0.4) is 0 Å². The molecule has 0 aromatic rings. The Hall–Kier alpha value is -0.0800. The van der Waals surface area contributed by atoms with Crippen LogP contribution in [0.15, 0.2) is 0 Å². The van der Waals surface area contributed by atoms with Gasteiger partial charge < -0.3 is 9.47 Å². The first-order valence-electron chi connectivity index (χ1n) is 10.1. The molecule has 2 rings (SSSR count). The maximum atomic E-state index is 6.31. The molecule has 2 atom stereocenters. The molecule has 1 saturated carbocycles. The van der Waals surface area contributed by atoms with Crippen LogP contribution in [0.25, 0.3) is 0 Å². The Morgan fingerprint density at radius 3 is 2.27 bits per heavy atom. The summed E-state index contributed by atoms with van der Waals surface area (Å²) in [6.45, 7) is 5.51. The van der Waals surface area contributed by atoms with Gasteiger partial charge in [0.1, 0.15) is 0 Å². The van der Waals surface area contributed by atoms with E-state index in [4.69, 9.17) is 9.47 Å². The first-order chi connectivity index (χ1) is 10.8. The molecular weight excluding hydrogens is 272 g/mol. The topological polar surface area (TPSA) is 18.5 Å². The second-order valence-corrected chi connectivity index (χ2v) is 7.56. The van der Waals surface area contributed by atoms with Gasteiger partial charge in [-0.2, -0.15) is 0 Å². The highest BCUT2D eigenvalue weighted by molar-refractivity contribution is 4.77. The van der Waals surface area contributed by atoms with E-state index in [-0.39, 0.29) is 6.29 Å². The van der Waals surface area contributed by atoms with Crippen LogP contribution in [0.2, 0.25) is 0 Å². The largest absolute Gasteiger partial charge is 0.352 e. The molecule has 0 aromatic heterocycles. The van der Waals surface area contributed by atoms with Gasteiger partial charge in [-0.05, 0) is 44.4 Å². The van der Waals surface area contributed by atoms with Gasteiger partial charge in [0.25, 0.3) is 0 Å². The fraction of sp³-hybridized carbons (Fsp3) is 1.00. The van der Waals surface area contributed by atoms with Gasteiger partial charge >= 0.3 is 0 Å². The molecule has 0 amide bonds. The molecule has 1 heterocycles. The molecule has 22 heavy (non-hydrogen) atoms. The molecule has 2 fully saturated rings. The highest BCUT2D eigenvalue weighted by Crippen LogP contribution is 2.36. The zero-order valence-corrected chi connectivity index (χ0v) is 15.0. The van der Waals surface area contributed by atoms with Crippen LogP contribution in [-0.2, 0) is 9.47 Å². The summed E-state index contributed by atoms with van der Waals surface area (Å²) in [5, 5.41) is 0. The van der Waals surface area contributed by atoms with Crippen LogP contribution in [-0.4, -0.2) is 19.0 Å². The number of unbranched alkanes of at least 4 members (excludes halogenated alkanes) is 4. The highest BCUT2D eigenvalue weighted by atomic mass is 16.7. The van der Waals surface area contributed by atoms with Gasteiger partial charge in [0.05, 0.1) is 12.7 Å². The molecule has 0 spiro atoms. The van der Waals surface area contributed by atoms with E-state index < -0.39 is 0 Å². The van der Waals surface area contributed by atoms with E-state index in [1.807, 2.05) is 0 Å². The number of hydrogen-bond acceptors (Lipinski definition) is 2. The van der Waals surface area contributed by atoms with Gasteiger partial charge in [-0.1, -0.05) is 58.8 Å². The van der Waals surface area contributed by atoms with Gasteiger partial charge in [-0.3, -0.25) is 0 Å². The monoisotopic (exact) mass is 310 g/mol. The van der Waals surface area contributed by atoms with Crippen molar-refractivity contribution < 1.29 is 9.47 Å². The van der Waals surface area contributed by atoms with Crippen molar-refractivity contribution in [3.8, 4) is 0 Å². The Balaban J connectivity index is 1.63. The number of ether oxygens (including phenoxy) is 2. The lowest BCUT2D eigenvalue weighted by Gasteiger charge is -2.38. The fourth-order valence-corrected chi connectivity index (χ4v) is 4.21. The van der Waals surface area contributed by atoms with E-state index >= 15 is 0 Å². The molecule has 1 saturated heterocycles. The molecule has 2 nitrogen and oxygen atoms in total. The van der Waals surface area contributed by atoms with Crippen LogP contribution in [0.1, 0.15) is 97.3 Å². The molecule has 130 valence electrons. The Kier molecular flexibility index (Phi) is 8.84. The molecule has 0 unspecified atom stereocenters. The van der Waals surface area contributed by atoms with Crippen molar-refractivity contribution in [2.24, 2.45) is 11.8 Å². The maximum absolute atomic E-state index is 6.31. The lowest BCUT2D eigenvalue weighted by Crippen LogP contribution is -2.38. The van der Waals surface area contributed by atoms with Gasteiger partial charge in [0.15, 0.2) is 6.29 Å². The van der Waals surface area contributed by atoms with E-state index in [0.29, 0.717) is 12.0 Å². The highest BCUT2D eigenvalue weighted by Gasteiger charge is 2.32. The third-order valence-electron chi connectivity index (χ3n) is 5.65. The first kappa shape index (κ1) is 18.3. The molecule has 0 bridgehead atoms.